The van der Waals surface area contributed by atoms with Crippen LogP contribution in [0.5, 0.6) is 0 Å². The molecule has 0 saturated carbocycles. The summed E-state index contributed by atoms with van der Waals surface area (Å²) in [6.07, 6.45) is 0.540. The van der Waals surface area contributed by atoms with Crippen LogP contribution in [0.25, 0.3) is 0 Å². The van der Waals surface area contributed by atoms with Gasteiger partial charge in [0.25, 0.3) is 11.8 Å². The third-order valence-electron chi connectivity index (χ3n) is 3.03. The minimum atomic E-state index is -1.27. The highest BCUT2D eigenvalue weighted by atomic mass is 16.4. The Hall–Kier alpha value is -2.39. The number of carboxylic acids is 1. The van der Waals surface area contributed by atoms with Gasteiger partial charge in [-0.1, -0.05) is 13.3 Å². The first kappa shape index (κ1) is 17.7. The number of carboxylic acid groups (broad SMARTS) is 1. The number of H-pyrrole nitrogens is 1. The number of hydrogen-bond acceptors (Lipinski definition) is 5. The molecule has 8 N–H and O–H groups in total. The van der Waals surface area contributed by atoms with Gasteiger partial charge in [-0.2, -0.15) is 0 Å². The summed E-state index contributed by atoms with van der Waals surface area (Å²) in [5, 5.41) is 14.0. The van der Waals surface area contributed by atoms with Crippen molar-refractivity contribution in [2.24, 2.45) is 11.5 Å². The molecule has 22 heavy (non-hydrogen) atoms. The molecule has 0 saturated heterocycles. The smallest absolute Gasteiger partial charge is 0.352 e. The molecular weight excluding hydrogens is 290 g/mol. The van der Waals surface area contributed by atoms with Crippen molar-refractivity contribution in [1.82, 2.24) is 15.6 Å². The second kappa shape index (κ2) is 7.57. The summed E-state index contributed by atoms with van der Waals surface area (Å²) in [6.45, 7) is 3.85. The van der Waals surface area contributed by atoms with E-state index in [-0.39, 0.29) is 22.5 Å². The highest BCUT2D eigenvalue weighted by Crippen LogP contribution is 2.19. The van der Waals surface area contributed by atoms with Crippen molar-refractivity contribution in [1.29, 1.82) is 0 Å². The minimum absolute atomic E-state index is 0.0216. The summed E-state index contributed by atoms with van der Waals surface area (Å²) in [5.41, 5.74) is 10.3. The van der Waals surface area contributed by atoms with Crippen LogP contribution in [0, 0.1) is 6.92 Å². The maximum absolute atomic E-state index is 12.2. The number of carbonyl (C=O) groups is 3. The van der Waals surface area contributed by atoms with Crippen molar-refractivity contribution in [2.45, 2.75) is 33.0 Å². The average molecular weight is 311 g/mol. The van der Waals surface area contributed by atoms with Gasteiger partial charge in [0.1, 0.15) is 17.7 Å². The standard InChI is InChI=1S/C13H21N5O4/c1-3-4-5-16-10(19)7-6(2)8(12(21)22)17-9(7)11(20)18-13(14)15/h13,17H,3-5,14-15H2,1-2H3,(H,16,19)(H,18,20)(H,21,22). The van der Waals surface area contributed by atoms with Crippen LogP contribution >= 0.6 is 0 Å². The van der Waals surface area contributed by atoms with Crippen LogP contribution < -0.4 is 22.1 Å². The second-order valence-corrected chi connectivity index (χ2v) is 4.79. The predicted molar refractivity (Wildman–Crippen MR) is 79.4 cm³/mol. The largest absolute Gasteiger partial charge is 0.477 e. The van der Waals surface area contributed by atoms with Gasteiger partial charge in [0.05, 0.1) is 5.56 Å². The number of rotatable bonds is 7. The molecular formula is C13H21N5O4. The third kappa shape index (κ3) is 4.06. The molecule has 1 aromatic heterocycles. The number of unbranched alkanes of at least 4 members (excludes halogenated alkanes) is 1. The van der Waals surface area contributed by atoms with Crippen LogP contribution in [0.3, 0.4) is 0 Å². The van der Waals surface area contributed by atoms with E-state index in [1.54, 1.807) is 0 Å². The molecule has 0 fully saturated rings. The van der Waals surface area contributed by atoms with Gasteiger partial charge in [0, 0.05) is 6.54 Å². The monoisotopic (exact) mass is 311 g/mol. The normalized spacial score (nSPS) is 10.6. The zero-order valence-electron chi connectivity index (χ0n) is 12.5. The van der Waals surface area contributed by atoms with Gasteiger partial charge in [-0.05, 0) is 18.9 Å². The summed E-state index contributed by atoms with van der Waals surface area (Å²) < 4.78 is 0. The molecule has 0 bridgehead atoms. The third-order valence-corrected chi connectivity index (χ3v) is 3.03. The summed E-state index contributed by atoms with van der Waals surface area (Å²) in [6, 6.07) is 0. The fourth-order valence-corrected chi connectivity index (χ4v) is 1.95. The van der Waals surface area contributed by atoms with E-state index >= 15 is 0 Å². The maximum Gasteiger partial charge on any atom is 0.352 e. The lowest BCUT2D eigenvalue weighted by atomic mass is 10.1. The molecule has 2 amide bonds. The van der Waals surface area contributed by atoms with Crippen LogP contribution in [0.4, 0.5) is 0 Å². The number of aromatic nitrogens is 1. The SMILES string of the molecule is CCCCNC(=O)c1c(C(=O)NC(N)N)[nH]c(C(=O)O)c1C. The van der Waals surface area contributed by atoms with Crippen molar-refractivity contribution >= 4 is 17.8 Å². The average Bonchev–Trinajstić information content (AvgIpc) is 2.76. The van der Waals surface area contributed by atoms with Crippen molar-refractivity contribution in [3.63, 3.8) is 0 Å². The van der Waals surface area contributed by atoms with Gasteiger partial charge in [-0.3, -0.25) is 21.1 Å². The van der Waals surface area contributed by atoms with Gasteiger partial charge in [0.2, 0.25) is 0 Å². The van der Waals surface area contributed by atoms with E-state index in [4.69, 9.17) is 16.6 Å². The van der Waals surface area contributed by atoms with Crippen molar-refractivity contribution in [2.75, 3.05) is 6.54 Å². The topological polar surface area (TPSA) is 163 Å². The van der Waals surface area contributed by atoms with E-state index in [1.807, 2.05) is 6.92 Å². The quantitative estimate of drug-likeness (QED) is 0.293. The van der Waals surface area contributed by atoms with Gasteiger partial charge >= 0.3 is 5.97 Å². The Balaban J connectivity index is 3.18. The van der Waals surface area contributed by atoms with Gasteiger partial charge < -0.3 is 20.7 Å². The Bertz CT molecular complexity index is 579. The predicted octanol–water partition coefficient (Wildman–Crippen LogP) is -0.518. The van der Waals surface area contributed by atoms with Crippen LogP contribution in [0.15, 0.2) is 0 Å². The molecule has 0 aromatic carbocycles. The van der Waals surface area contributed by atoms with Crippen molar-refractivity contribution in [3.05, 3.63) is 22.5 Å². The van der Waals surface area contributed by atoms with E-state index in [0.717, 1.165) is 12.8 Å². The molecule has 1 rings (SSSR count). The summed E-state index contributed by atoms with van der Waals surface area (Å²) in [5.74, 6) is -2.53. The van der Waals surface area contributed by atoms with Gasteiger partial charge in [-0.25, -0.2) is 4.79 Å². The van der Waals surface area contributed by atoms with E-state index in [2.05, 4.69) is 15.6 Å². The first-order valence-electron chi connectivity index (χ1n) is 6.85. The number of amides is 2. The lowest BCUT2D eigenvalue weighted by Crippen LogP contribution is -2.48. The lowest BCUT2D eigenvalue weighted by Gasteiger charge is -2.10. The maximum atomic E-state index is 12.2. The van der Waals surface area contributed by atoms with E-state index in [1.165, 1.54) is 6.92 Å². The van der Waals surface area contributed by atoms with Crippen LogP contribution in [0.2, 0.25) is 0 Å². The van der Waals surface area contributed by atoms with Gasteiger partial charge in [0.15, 0.2) is 0 Å². The molecule has 9 nitrogen and oxygen atoms in total. The lowest BCUT2D eigenvalue weighted by molar-refractivity contribution is 0.0690. The Morgan fingerprint density at radius 3 is 2.36 bits per heavy atom. The number of aromatic carboxylic acids is 1. The van der Waals surface area contributed by atoms with Gasteiger partial charge in [-0.15, -0.1) is 0 Å². The molecule has 122 valence electrons. The number of aromatic amines is 1. The molecule has 0 atom stereocenters. The Kier molecular flexibility index (Phi) is 6.08. The Morgan fingerprint density at radius 2 is 1.86 bits per heavy atom. The highest BCUT2D eigenvalue weighted by Gasteiger charge is 2.27. The number of nitrogens with two attached hydrogens (primary N) is 2. The summed E-state index contributed by atoms with van der Waals surface area (Å²) in [7, 11) is 0. The number of nitrogens with one attached hydrogen (secondary N) is 3. The molecule has 0 radical (unpaired) electrons. The zero-order chi connectivity index (χ0) is 16.9. The van der Waals surface area contributed by atoms with Crippen molar-refractivity contribution in [3.8, 4) is 0 Å². The molecule has 0 aliphatic rings. The molecule has 0 spiro atoms. The molecule has 0 aliphatic carbocycles. The number of hydrogen-bond donors (Lipinski definition) is 6. The molecule has 1 heterocycles. The fraction of sp³-hybridized carbons (Fsp3) is 0.462. The molecule has 9 heteroatoms. The second-order valence-electron chi connectivity index (χ2n) is 4.79. The minimum Gasteiger partial charge on any atom is -0.477 e. The summed E-state index contributed by atoms with van der Waals surface area (Å²) in [4.78, 5) is 37.9. The summed E-state index contributed by atoms with van der Waals surface area (Å²) >= 11 is 0. The molecule has 1 aromatic rings. The Labute approximate surface area is 127 Å². The van der Waals surface area contributed by atoms with Crippen LogP contribution in [-0.2, 0) is 0 Å². The van der Waals surface area contributed by atoms with Crippen LogP contribution in [0.1, 0.15) is 56.7 Å². The molecule has 0 aliphatic heterocycles. The van der Waals surface area contributed by atoms with Crippen LogP contribution in [-0.4, -0.2) is 40.7 Å². The first-order chi connectivity index (χ1) is 10.3. The first-order valence-corrected chi connectivity index (χ1v) is 6.85. The van der Waals surface area contributed by atoms with E-state index in [9.17, 15) is 14.4 Å². The zero-order valence-corrected chi connectivity index (χ0v) is 12.5. The fourth-order valence-electron chi connectivity index (χ4n) is 1.95. The number of carbonyl (C=O) groups excluding carboxylic acids is 2. The Morgan fingerprint density at radius 1 is 1.23 bits per heavy atom. The van der Waals surface area contributed by atoms with Crippen molar-refractivity contribution < 1.29 is 19.5 Å². The highest BCUT2D eigenvalue weighted by molar-refractivity contribution is 6.09. The van der Waals surface area contributed by atoms with E-state index in [0.29, 0.717) is 6.54 Å². The van der Waals surface area contributed by atoms with E-state index < -0.39 is 24.1 Å². The molecule has 0 unspecified atom stereocenters.